The van der Waals surface area contributed by atoms with Crippen molar-refractivity contribution >= 4 is 28.6 Å². The molecule has 1 aromatic carbocycles. The van der Waals surface area contributed by atoms with Crippen LogP contribution in [0.2, 0.25) is 0 Å². The van der Waals surface area contributed by atoms with Gasteiger partial charge in [0.15, 0.2) is 0 Å². The Bertz CT molecular complexity index is 733. The number of aromatic nitrogens is 1. The number of hydrogen-bond donors (Lipinski definition) is 2. The fourth-order valence-electron chi connectivity index (χ4n) is 1.84. The van der Waals surface area contributed by atoms with Gasteiger partial charge in [-0.3, -0.25) is 4.79 Å². The number of nitrogen functional groups attached to an aromatic ring is 1. The van der Waals surface area contributed by atoms with Gasteiger partial charge in [-0.15, -0.1) is 11.3 Å². The van der Waals surface area contributed by atoms with Crippen molar-refractivity contribution in [2.45, 2.75) is 6.42 Å². The van der Waals surface area contributed by atoms with Crippen molar-refractivity contribution in [3.8, 4) is 10.6 Å². The van der Waals surface area contributed by atoms with Gasteiger partial charge in [0.25, 0.3) is 0 Å². The molecular weight excluding hydrogens is 286 g/mol. The minimum Gasteiger partial charge on any atom is -0.472 e. The van der Waals surface area contributed by atoms with Crippen LogP contribution in [-0.2, 0) is 11.2 Å². The average molecular weight is 299 g/mol. The van der Waals surface area contributed by atoms with E-state index >= 15 is 0 Å². The molecule has 106 valence electrons. The van der Waals surface area contributed by atoms with Crippen LogP contribution in [0.3, 0.4) is 0 Å². The second kappa shape index (κ2) is 5.80. The average Bonchev–Trinajstić information content (AvgIpc) is 3.12. The highest BCUT2D eigenvalue weighted by Crippen LogP contribution is 2.24. The van der Waals surface area contributed by atoms with Crippen LogP contribution in [0, 0.1) is 0 Å². The minimum absolute atomic E-state index is 0.108. The summed E-state index contributed by atoms with van der Waals surface area (Å²) in [5.41, 5.74) is 8.65. The lowest BCUT2D eigenvalue weighted by atomic mass is 10.2. The molecule has 2 heterocycles. The Morgan fingerprint density at radius 1 is 1.29 bits per heavy atom. The van der Waals surface area contributed by atoms with Gasteiger partial charge in [-0.25, -0.2) is 4.98 Å². The van der Waals surface area contributed by atoms with Crippen molar-refractivity contribution in [1.29, 1.82) is 0 Å². The van der Waals surface area contributed by atoms with Crippen LogP contribution in [0.1, 0.15) is 5.69 Å². The number of thiazole rings is 1. The molecule has 0 saturated carbocycles. The van der Waals surface area contributed by atoms with E-state index in [-0.39, 0.29) is 12.3 Å². The first kappa shape index (κ1) is 13.4. The van der Waals surface area contributed by atoms with Gasteiger partial charge in [-0.2, -0.15) is 0 Å². The maximum absolute atomic E-state index is 12.0. The number of furan rings is 1. The second-order valence-corrected chi connectivity index (χ2v) is 5.36. The molecule has 3 aromatic rings. The number of carbonyl (C=O) groups excluding carboxylic acids is 1. The van der Waals surface area contributed by atoms with E-state index in [1.807, 2.05) is 11.4 Å². The van der Waals surface area contributed by atoms with Crippen LogP contribution >= 0.6 is 11.3 Å². The number of amides is 1. The van der Waals surface area contributed by atoms with Gasteiger partial charge >= 0.3 is 0 Å². The third-order valence-corrected chi connectivity index (χ3v) is 3.80. The molecular formula is C15H13N3O2S. The number of rotatable bonds is 4. The summed E-state index contributed by atoms with van der Waals surface area (Å²) in [5.74, 6) is -0.108. The molecule has 0 radical (unpaired) electrons. The van der Waals surface area contributed by atoms with Crippen LogP contribution in [0.25, 0.3) is 10.6 Å². The van der Waals surface area contributed by atoms with Crippen molar-refractivity contribution in [3.63, 3.8) is 0 Å². The van der Waals surface area contributed by atoms with E-state index in [4.69, 9.17) is 10.2 Å². The summed E-state index contributed by atoms with van der Waals surface area (Å²) in [5, 5.41) is 5.54. The molecule has 3 N–H and O–H groups in total. The summed E-state index contributed by atoms with van der Waals surface area (Å²) >= 11 is 1.49. The number of nitrogens with two attached hydrogens (primary N) is 1. The first-order chi connectivity index (χ1) is 10.2. The van der Waals surface area contributed by atoms with Crippen molar-refractivity contribution in [3.05, 3.63) is 53.9 Å². The maximum Gasteiger partial charge on any atom is 0.230 e. The van der Waals surface area contributed by atoms with Gasteiger partial charge < -0.3 is 15.5 Å². The van der Waals surface area contributed by atoms with Crippen molar-refractivity contribution < 1.29 is 9.21 Å². The summed E-state index contributed by atoms with van der Waals surface area (Å²) < 4.78 is 5.03. The Morgan fingerprint density at radius 2 is 2.10 bits per heavy atom. The Labute approximate surface area is 125 Å². The van der Waals surface area contributed by atoms with Crippen LogP contribution < -0.4 is 11.1 Å². The number of anilines is 2. The first-order valence-electron chi connectivity index (χ1n) is 6.33. The molecule has 1 amide bonds. The maximum atomic E-state index is 12.0. The number of carbonyl (C=O) groups is 1. The number of nitrogens with one attached hydrogen (secondary N) is 1. The van der Waals surface area contributed by atoms with Crippen LogP contribution in [0.4, 0.5) is 11.4 Å². The molecule has 0 aliphatic heterocycles. The zero-order valence-electron chi connectivity index (χ0n) is 11.1. The van der Waals surface area contributed by atoms with E-state index in [2.05, 4.69) is 10.3 Å². The second-order valence-electron chi connectivity index (χ2n) is 4.50. The van der Waals surface area contributed by atoms with Crippen molar-refractivity contribution in [1.82, 2.24) is 4.98 Å². The van der Waals surface area contributed by atoms with E-state index < -0.39 is 0 Å². The molecule has 6 heteroatoms. The van der Waals surface area contributed by atoms with Crippen LogP contribution in [-0.4, -0.2) is 10.9 Å². The van der Waals surface area contributed by atoms with E-state index in [1.54, 1.807) is 36.8 Å². The van der Waals surface area contributed by atoms with Gasteiger partial charge in [0.05, 0.1) is 18.4 Å². The minimum atomic E-state index is -0.108. The van der Waals surface area contributed by atoms with E-state index in [1.165, 1.54) is 11.3 Å². The van der Waals surface area contributed by atoms with Crippen molar-refractivity contribution in [2.24, 2.45) is 0 Å². The lowest BCUT2D eigenvalue weighted by Crippen LogP contribution is -2.14. The standard InChI is InChI=1S/C15H13N3O2S/c16-11-1-3-12(4-2-11)17-14(19)7-13-9-21-15(18-13)10-5-6-20-8-10/h1-6,8-9H,7,16H2,(H,17,19). The molecule has 0 aliphatic rings. The smallest absolute Gasteiger partial charge is 0.230 e. The van der Waals surface area contributed by atoms with Gasteiger partial charge in [0.2, 0.25) is 5.91 Å². The zero-order chi connectivity index (χ0) is 14.7. The van der Waals surface area contributed by atoms with E-state index in [9.17, 15) is 4.79 Å². The monoisotopic (exact) mass is 299 g/mol. The van der Waals surface area contributed by atoms with Crippen LogP contribution in [0.15, 0.2) is 52.7 Å². The zero-order valence-corrected chi connectivity index (χ0v) is 11.9. The number of benzene rings is 1. The summed E-state index contributed by atoms with van der Waals surface area (Å²) in [4.78, 5) is 16.4. The molecule has 5 nitrogen and oxygen atoms in total. The quantitative estimate of drug-likeness (QED) is 0.725. The third kappa shape index (κ3) is 3.29. The highest BCUT2D eigenvalue weighted by Gasteiger charge is 2.10. The summed E-state index contributed by atoms with van der Waals surface area (Å²) in [7, 11) is 0. The highest BCUT2D eigenvalue weighted by molar-refractivity contribution is 7.13. The molecule has 0 bridgehead atoms. The Kier molecular flexibility index (Phi) is 3.70. The summed E-state index contributed by atoms with van der Waals surface area (Å²) in [6, 6.07) is 8.87. The summed E-state index contributed by atoms with van der Waals surface area (Å²) in [6.45, 7) is 0. The SMILES string of the molecule is Nc1ccc(NC(=O)Cc2csc(-c3ccoc3)n2)cc1. The van der Waals surface area contributed by atoms with Crippen LogP contribution in [0.5, 0.6) is 0 Å². The molecule has 21 heavy (non-hydrogen) atoms. The Hall–Kier alpha value is -2.60. The molecule has 0 atom stereocenters. The highest BCUT2D eigenvalue weighted by atomic mass is 32.1. The number of nitrogens with zero attached hydrogens (tertiary/aromatic N) is 1. The fraction of sp³-hybridized carbons (Fsp3) is 0.0667. The lowest BCUT2D eigenvalue weighted by Gasteiger charge is -2.04. The predicted molar refractivity (Wildman–Crippen MR) is 83.0 cm³/mol. The number of hydrogen-bond acceptors (Lipinski definition) is 5. The summed E-state index contributed by atoms with van der Waals surface area (Å²) in [6.07, 6.45) is 3.47. The predicted octanol–water partition coefficient (Wildman–Crippen LogP) is 3.17. The van der Waals surface area contributed by atoms with E-state index in [0.717, 1.165) is 22.0 Å². The Balaban J connectivity index is 1.64. The Morgan fingerprint density at radius 3 is 2.81 bits per heavy atom. The fourth-order valence-corrected chi connectivity index (χ4v) is 2.65. The normalized spacial score (nSPS) is 10.5. The van der Waals surface area contributed by atoms with E-state index in [0.29, 0.717) is 5.69 Å². The molecule has 2 aromatic heterocycles. The molecule has 0 spiro atoms. The van der Waals surface area contributed by atoms with Crippen molar-refractivity contribution in [2.75, 3.05) is 11.1 Å². The van der Waals surface area contributed by atoms with Gasteiger partial charge in [0.1, 0.15) is 11.3 Å². The third-order valence-electron chi connectivity index (χ3n) is 2.86. The van der Waals surface area contributed by atoms with Gasteiger partial charge in [-0.1, -0.05) is 0 Å². The first-order valence-corrected chi connectivity index (χ1v) is 7.21. The molecule has 0 aliphatic carbocycles. The molecule has 0 unspecified atom stereocenters. The lowest BCUT2D eigenvalue weighted by molar-refractivity contribution is -0.115. The largest absolute Gasteiger partial charge is 0.472 e. The molecule has 3 rings (SSSR count). The molecule has 0 saturated heterocycles. The van der Waals surface area contributed by atoms with Gasteiger partial charge in [-0.05, 0) is 30.3 Å². The topological polar surface area (TPSA) is 81.1 Å². The molecule has 0 fully saturated rings. The van der Waals surface area contributed by atoms with Gasteiger partial charge in [0, 0.05) is 22.3 Å².